The number of carbonyl (C=O) groups excluding carboxylic acids is 1. The number of amides is 1. The van der Waals surface area contributed by atoms with E-state index < -0.39 is 9.84 Å². The maximum absolute atomic E-state index is 12.2. The lowest BCUT2D eigenvalue weighted by Crippen LogP contribution is -2.46. The number of sulfone groups is 1. The van der Waals surface area contributed by atoms with Gasteiger partial charge in [0, 0.05) is 38.9 Å². The van der Waals surface area contributed by atoms with E-state index in [4.69, 9.17) is 0 Å². The summed E-state index contributed by atoms with van der Waals surface area (Å²) in [4.78, 5) is 14.5. The van der Waals surface area contributed by atoms with E-state index in [2.05, 4.69) is 12.2 Å². The highest BCUT2D eigenvalue weighted by atomic mass is 32.2. The average Bonchev–Trinajstić information content (AvgIpc) is 2.47. The predicted octanol–water partition coefficient (Wildman–Crippen LogP) is 1.09. The molecule has 1 fully saturated rings. The van der Waals surface area contributed by atoms with Gasteiger partial charge in [-0.2, -0.15) is 0 Å². The van der Waals surface area contributed by atoms with Gasteiger partial charge in [0.25, 0.3) is 0 Å². The van der Waals surface area contributed by atoms with Gasteiger partial charge in [0.2, 0.25) is 5.91 Å². The van der Waals surface area contributed by atoms with E-state index in [1.807, 2.05) is 17.0 Å². The number of carbonyl (C=O) groups is 1. The normalized spacial score (nSPS) is 17.3. The van der Waals surface area contributed by atoms with Crippen molar-refractivity contribution in [1.82, 2.24) is 10.2 Å². The first kappa shape index (κ1) is 17.0. The summed E-state index contributed by atoms with van der Waals surface area (Å²) in [6, 6.07) is 6.94. The van der Waals surface area contributed by atoms with Gasteiger partial charge in [-0.1, -0.05) is 19.1 Å². The van der Waals surface area contributed by atoms with E-state index in [0.717, 1.165) is 38.2 Å². The lowest BCUT2D eigenvalue weighted by molar-refractivity contribution is -0.132. The quantitative estimate of drug-likeness (QED) is 0.880. The van der Waals surface area contributed by atoms with Gasteiger partial charge < -0.3 is 10.2 Å². The monoisotopic (exact) mass is 324 g/mol. The first-order valence-electron chi connectivity index (χ1n) is 7.64. The highest BCUT2D eigenvalue weighted by Gasteiger charge is 2.18. The van der Waals surface area contributed by atoms with Crippen LogP contribution in [0.5, 0.6) is 0 Å². The van der Waals surface area contributed by atoms with E-state index in [1.165, 1.54) is 6.26 Å². The molecule has 1 aliphatic heterocycles. The second kappa shape index (κ2) is 7.24. The molecule has 1 heterocycles. The van der Waals surface area contributed by atoms with Gasteiger partial charge in [0.15, 0.2) is 9.84 Å². The molecule has 122 valence electrons. The molecule has 5 nitrogen and oxygen atoms in total. The van der Waals surface area contributed by atoms with Crippen LogP contribution in [-0.4, -0.2) is 51.7 Å². The first-order chi connectivity index (χ1) is 10.4. The summed E-state index contributed by atoms with van der Waals surface area (Å²) in [5, 5.41) is 3.24. The van der Waals surface area contributed by atoms with Crippen molar-refractivity contribution in [3.8, 4) is 0 Å². The molecule has 0 bridgehead atoms. The van der Waals surface area contributed by atoms with Crippen LogP contribution in [0, 0.1) is 5.92 Å². The highest BCUT2D eigenvalue weighted by Crippen LogP contribution is 2.16. The fourth-order valence-corrected chi connectivity index (χ4v) is 3.32. The second-order valence-corrected chi connectivity index (χ2v) is 8.08. The summed E-state index contributed by atoms with van der Waals surface area (Å²) < 4.78 is 22.9. The molecule has 1 aliphatic rings. The van der Waals surface area contributed by atoms with Gasteiger partial charge in [0.1, 0.15) is 0 Å². The molecule has 6 heteroatoms. The van der Waals surface area contributed by atoms with Gasteiger partial charge in [0.05, 0.1) is 4.90 Å². The third kappa shape index (κ3) is 4.81. The molecular formula is C16H24N2O3S. The van der Waals surface area contributed by atoms with Crippen molar-refractivity contribution in [2.75, 3.05) is 32.4 Å². The van der Waals surface area contributed by atoms with Crippen LogP contribution in [0.25, 0.3) is 0 Å². The third-order valence-electron chi connectivity index (χ3n) is 3.93. The molecular weight excluding hydrogens is 300 g/mol. The van der Waals surface area contributed by atoms with Crippen LogP contribution in [0.2, 0.25) is 0 Å². The van der Waals surface area contributed by atoms with Crippen LogP contribution in [-0.2, 0) is 21.1 Å². The zero-order chi connectivity index (χ0) is 16.2. The molecule has 1 aromatic rings. The molecule has 1 saturated heterocycles. The van der Waals surface area contributed by atoms with E-state index in [-0.39, 0.29) is 11.8 Å². The Balaban J connectivity index is 1.88. The summed E-state index contributed by atoms with van der Waals surface area (Å²) in [6.07, 6.45) is 2.52. The topological polar surface area (TPSA) is 66.5 Å². The standard InChI is InChI=1S/C16H24N2O3S/c1-13(12-16(19)18-9-7-17-8-10-18)11-14-3-5-15(6-4-14)22(2,20)21/h3-6,13,17H,7-12H2,1-2H3. The van der Waals surface area contributed by atoms with Crippen molar-refractivity contribution in [1.29, 1.82) is 0 Å². The Hall–Kier alpha value is -1.40. The second-order valence-electron chi connectivity index (χ2n) is 6.06. The smallest absolute Gasteiger partial charge is 0.222 e. The number of piperazine rings is 1. The van der Waals surface area contributed by atoms with Crippen LogP contribution < -0.4 is 5.32 Å². The Morgan fingerprint density at radius 3 is 2.36 bits per heavy atom. The average molecular weight is 324 g/mol. The molecule has 1 N–H and O–H groups in total. The van der Waals surface area contributed by atoms with Gasteiger partial charge in [-0.25, -0.2) is 8.42 Å². The van der Waals surface area contributed by atoms with Crippen LogP contribution >= 0.6 is 0 Å². The Kier molecular flexibility index (Phi) is 5.58. The zero-order valence-corrected chi connectivity index (χ0v) is 14.0. The molecule has 1 amide bonds. The summed E-state index contributed by atoms with van der Waals surface area (Å²) in [5.41, 5.74) is 1.06. The van der Waals surface area contributed by atoms with Crippen molar-refractivity contribution >= 4 is 15.7 Å². The summed E-state index contributed by atoms with van der Waals surface area (Å²) in [5.74, 6) is 0.452. The number of benzene rings is 1. The van der Waals surface area contributed by atoms with Crippen molar-refractivity contribution in [3.63, 3.8) is 0 Å². The number of hydrogen-bond acceptors (Lipinski definition) is 4. The van der Waals surface area contributed by atoms with E-state index in [9.17, 15) is 13.2 Å². The fourth-order valence-electron chi connectivity index (χ4n) is 2.69. The Morgan fingerprint density at radius 1 is 1.23 bits per heavy atom. The first-order valence-corrected chi connectivity index (χ1v) is 9.53. The van der Waals surface area contributed by atoms with Gasteiger partial charge in [-0.15, -0.1) is 0 Å². The fraction of sp³-hybridized carbons (Fsp3) is 0.562. The zero-order valence-electron chi connectivity index (χ0n) is 13.2. The van der Waals surface area contributed by atoms with Crippen LogP contribution in [0.4, 0.5) is 0 Å². The van der Waals surface area contributed by atoms with Crippen LogP contribution in [0.3, 0.4) is 0 Å². The molecule has 2 rings (SSSR count). The molecule has 22 heavy (non-hydrogen) atoms. The molecule has 0 aliphatic carbocycles. The highest BCUT2D eigenvalue weighted by molar-refractivity contribution is 7.90. The van der Waals surface area contributed by atoms with Crippen molar-refractivity contribution in [2.24, 2.45) is 5.92 Å². The Morgan fingerprint density at radius 2 is 1.82 bits per heavy atom. The summed E-state index contributed by atoms with van der Waals surface area (Å²) in [6.45, 7) is 5.37. The minimum absolute atomic E-state index is 0.210. The maximum Gasteiger partial charge on any atom is 0.222 e. The molecule has 0 saturated carbocycles. The van der Waals surface area contributed by atoms with E-state index in [0.29, 0.717) is 11.3 Å². The molecule has 0 radical (unpaired) electrons. The van der Waals surface area contributed by atoms with Gasteiger partial charge in [-0.3, -0.25) is 4.79 Å². The number of rotatable bonds is 5. The van der Waals surface area contributed by atoms with Crippen molar-refractivity contribution in [2.45, 2.75) is 24.7 Å². The lowest BCUT2D eigenvalue weighted by Gasteiger charge is -2.28. The van der Waals surface area contributed by atoms with Crippen LogP contribution in [0.15, 0.2) is 29.2 Å². The summed E-state index contributed by atoms with van der Waals surface area (Å²) >= 11 is 0. The maximum atomic E-state index is 12.2. The number of nitrogens with zero attached hydrogens (tertiary/aromatic N) is 1. The Bertz CT molecular complexity index is 605. The summed E-state index contributed by atoms with van der Waals surface area (Å²) in [7, 11) is -3.15. The molecule has 1 atom stereocenters. The Labute approximate surface area is 132 Å². The SMILES string of the molecule is CC(CC(=O)N1CCNCC1)Cc1ccc(S(C)(=O)=O)cc1. The molecule has 1 aromatic carbocycles. The molecule has 1 unspecified atom stereocenters. The van der Waals surface area contributed by atoms with Crippen molar-refractivity contribution < 1.29 is 13.2 Å². The molecule has 0 spiro atoms. The van der Waals surface area contributed by atoms with E-state index in [1.54, 1.807) is 12.1 Å². The minimum Gasteiger partial charge on any atom is -0.340 e. The van der Waals surface area contributed by atoms with E-state index >= 15 is 0 Å². The van der Waals surface area contributed by atoms with Crippen molar-refractivity contribution in [3.05, 3.63) is 29.8 Å². The molecule has 0 aromatic heterocycles. The number of nitrogens with one attached hydrogen (secondary N) is 1. The minimum atomic E-state index is -3.15. The van der Waals surface area contributed by atoms with Crippen LogP contribution in [0.1, 0.15) is 18.9 Å². The lowest BCUT2D eigenvalue weighted by atomic mass is 9.97. The van der Waals surface area contributed by atoms with Gasteiger partial charge in [-0.05, 0) is 30.0 Å². The number of hydrogen-bond donors (Lipinski definition) is 1. The third-order valence-corrected chi connectivity index (χ3v) is 5.06. The van der Waals surface area contributed by atoms with Gasteiger partial charge >= 0.3 is 0 Å². The largest absolute Gasteiger partial charge is 0.340 e. The predicted molar refractivity (Wildman–Crippen MR) is 86.5 cm³/mol.